The van der Waals surface area contributed by atoms with Crippen molar-refractivity contribution in [2.45, 2.75) is 6.61 Å². The lowest BCUT2D eigenvalue weighted by molar-refractivity contribution is 0.0691. The van der Waals surface area contributed by atoms with Gasteiger partial charge in [0.1, 0.15) is 29.4 Å². The van der Waals surface area contributed by atoms with Crippen molar-refractivity contribution in [3.8, 4) is 11.5 Å². The molecule has 0 unspecified atom stereocenters. The van der Waals surface area contributed by atoms with Crippen LogP contribution in [0.4, 0.5) is 0 Å². The Kier molecular flexibility index (Phi) is 3.65. The molecule has 0 amide bonds. The first-order valence-electron chi connectivity index (χ1n) is 5.49. The number of carbonyl (C=O) groups is 1. The van der Waals surface area contributed by atoms with Gasteiger partial charge < -0.3 is 14.6 Å². The third-order valence-corrected chi connectivity index (χ3v) is 2.44. The Morgan fingerprint density at radius 1 is 1.47 bits per heavy atom. The van der Waals surface area contributed by atoms with E-state index in [0.717, 1.165) is 0 Å². The maximum Gasteiger partial charge on any atom is 0.339 e. The van der Waals surface area contributed by atoms with Crippen molar-refractivity contribution in [3.05, 3.63) is 35.7 Å². The molecule has 0 bridgehead atoms. The Balaban J connectivity index is 2.17. The molecule has 7 heteroatoms. The summed E-state index contributed by atoms with van der Waals surface area (Å²) in [5.41, 5.74) is 0.665. The summed E-state index contributed by atoms with van der Waals surface area (Å²) in [4.78, 5) is 11.1. The SMILES string of the molecule is COc1ccc(OCc2cn(C)nn2)c(C(=O)O)c1. The predicted octanol–water partition coefficient (Wildman–Crippen LogP) is 1.10. The van der Waals surface area contributed by atoms with E-state index >= 15 is 0 Å². The maximum atomic E-state index is 11.1. The maximum absolute atomic E-state index is 11.1. The third kappa shape index (κ3) is 3.01. The highest BCUT2D eigenvalue weighted by atomic mass is 16.5. The molecule has 1 heterocycles. The number of carboxylic acid groups (broad SMARTS) is 1. The van der Waals surface area contributed by atoms with Crippen LogP contribution in [0.1, 0.15) is 16.1 Å². The molecular weight excluding hydrogens is 250 g/mol. The van der Waals surface area contributed by atoms with Gasteiger partial charge in [-0.25, -0.2) is 4.79 Å². The monoisotopic (exact) mass is 263 g/mol. The molecule has 0 saturated heterocycles. The third-order valence-electron chi connectivity index (χ3n) is 2.44. The van der Waals surface area contributed by atoms with Gasteiger partial charge in [0.2, 0.25) is 0 Å². The van der Waals surface area contributed by atoms with Crippen LogP contribution in [0.25, 0.3) is 0 Å². The summed E-state index contributed by atoms with van der Waals surface area (Å²) in [6.07, 6.45) is 1.70. The van der Waals surface area contributed by atoms with Gasteiger partial charge in [-0.3, -0.25) is 4.68 Å². The molecule has 0 fully saturated rings. The number of aromatic carboxylic acids is 1. The Morgan fingerprint density at radius 2 is 2.26 bits per heavy atom. The summed E-state index contributed by atoms with van der Waals surface area (Å²) in [6.45, 7) is 0.153. The first-order chi connectivity index (χ1) is 9.10. The Bertz CT molecular complexity index is 594. The Morgan fingerprint density at radius 3 is 2.84 bits per heavy atom. The number of rotatable bonds is 5. The number of ether oxygens (including phenoxy) is 2. The number of benzene rings is 1. The number of hydrogen-bond acceptors (Lipinski definition) is 5. The van der Waals surface area contributed by atoms with E-state index in [1.807, 2.05) is 0 Å². The van der Waals surface area contributed by atoms with Crippen LogP contribution in [0.15, 0.2) is 24.4 Å². The zero-order chi connectivity index (χ0) is 13.8. The summed E-state index contributed by atoms with van der Waals surface area (Å²) in [5.74, 6) is -0.351. The van der Waals surface area contributed by atoms with E-state index in [1.165, 1.54) is 13.2 Å². The molecular formula is C12H13N3O4. The van der Waals surface area contributed by atoms with Gasteiger partial charge in [0, 0.05) is 7.05 Å². The summed E-state index contributed by atoms with van der Waals surface area (Å²) in [6, 6.07) is 4.60. The molecule has 7 nitrogen and oxygen atoms in total. The van der Waals surface area contributed by atoms with Crippen LogP contribution in [0.2, 0.25) is 0 Å². The van der Waals surface area contributed by atoms with E-state index in [-0.39, 0.29) is 17.9 Å². The quantitative estimate of drug-likeness (QED) is 0.869. The second kappa shape index (κ2) is 5.38. The van der Waals surface area contributed by atoms with Gasteiger partial charge in [0.05, 0.1) is 13.3 Å². The Labute approximate surface area is 109 Å². The van der Waals surface area contributed by atoms with Crippen LogP contribution < -0.4 is 9.47 Å². The second-order valence-electron chi connectivity index (χ2n) is 3.84. The normalized spacial score (nSPS) is 10.2. The van der Waals surface area contributed by atoms with Gasteiger partial charge in [-0.1, -0.05) is 5.21 Å². The summed E-state index contributed by atoms with van der Waals surface area (Å²) in [7, 11) is 3.22. The minimum Gasteiger partial charge on any atom is -0.497 e. The molecule has 2 rings (SSSR count). The number of aromatic nitrogens is 3. The minimum atomic E-state index is -1.08. The van der Waals surface area contributed by atoms with Gasteiger partial charge in [0.15, 0.2) is 0 Å². The van der Waals surface area contributed by atoms with Gasteiger partial charge >= 0.3 is 5.97 Å². The van der Waals surface area contributed by atoms with Gasteiger partial charge in [-0.05, 0) is 18.2 Å². The molecule has 1 aromatic carbocycles. The highest BCUT2D eigenvalue weighted by Crippen LogP contribution is 2.24. The van der Waals surface area contributed by atoms with E-state index in [9.17, 15) is 4.79 Å². The molecule has 0 saturated carbocycles. The lowest BCUT2D eigenvalue weighted by Gasteiger charge is -2.09. The number of aryl methyl sites for hydroxylation is 1. The largest absolute Gasteiger partial charge is 0.497 e. The average Bonchev–Trinajstić information content (AvgIpc) is 2.82. The van der Waals surface area contributed by atoms with Gasteiger partial charge in [0.25, 0.3) is 0 Å². The zero-order valence-electron chi connectivity index (χ0n) is 10.5. The fraction of sp³-hybridized carbons (Fsp3) is 0.250. The summed E-state index contributed by atoms with van der Waals surface area (Å²) in [5, 5.41) is 16.7. The molecule has 0 spiro atoms. The zero-order valence-corrected chi connectivity index (χ0v) is 10.5. The molecule has 0 aliphatic heterocycles. The lowest BCUT2D eigenvalue weighted by Crippen LogP contribution is -2.04. The highest BCUT2D eigenvalue weighted by molar-refractivity contribution is 5.91. The van der Waals surface area contributed by atoms with Crippen molar-refractivity contribution < 1.29 is 19.4 Å². The van der Waals surface area contributed by atoms with Crippen molar-refractivity contribution in [1.82, 2.24) is 15.0 Å². The van der Waals surface area contributed by atoms with Crippen LogP contribution in [-0.2, 0) is 13.7 Å². The fourth-order valence-corrected chi connectivity index (χ4v) is 1.54. The van der Waals surface area contributed by atoms with E-state index in [4.69, 9.17) is 14.6 Å². The van der Waals surface area contributed by atoms with Crippen LogP contribution in [-0.4, -0.2) is 33.2 Å². The van der Waals surface area contributed by atoms with E-state index in [0.29, 0.717) is 11.4 Å². The van der Waals surface area contributed by atoms with Crippen molar-refractivity contribution in [3.63, 3.8) is 0 Å². The number of hydrogen-bond donors (Lipinski definition) is 1. The minimum absolute atomic E-state index is 0.0447. The van der Waals surface area contributed by atoms with Gasteiger partial charge in [-0.2, -0.15) is 0 Å². The van der Waals surface area contributed by atoms with Crippen LogP contribution in [0.3, 0.4) is 0 Å². The predicted molar refractivity (Wildman–Crippen MR) is 65.3 cm³/mol. The lowest BCUT2D eigenvalue weighted by atomic mass is 10.2. The van der Waals surface area contributed by atoms with Crippen molar-refractivity contribution in [1.29, 1.82) is 0 Å². The first kappa shape index (κ1) is 12.9. The van der Waals surface area contributed by atoms with Crippen LogP contribution >= 0.6 is 0 Å². The topological polar surface area (TPSA) is 86.5 Å². The molecule has 1 N–H and O–H groups in total. The summed E-state index contributed by atoms with van der Waals surface area (Å²) < 4.78 is 12.0. The molecule has 1 aromatic heterocycles. The van der Waals surface area contributed by atoms with E-state index < -0.39 is 5.97 Å². The molecule has 0 aliphatic rings. The Hall–Kier alpha value is -2.57. The second-order valence-corrected chi connectivity index (χ2v) is 3.84. The number of nitrogens with zero attached hydrogens (tertiary/aromatic N) is 3. The standard InChI is InChI=1S/C12H13N3O4/c1-15-6-8(13-14-15)7-19-11-4-3-9(18-2)5-10(11)12(16)17/h3-6H,7H2,1-2H3,(H,16,17). The average molecular weight is 263 g/mol. The number of methoxy groups -OCH3 is 1. The van der Waals surface area contributed by atoms with E-state index in [1.54, 1.807) is 30.1 Å². The summed E-state index contributed by atoms with van der Waals surface area (Å²) >= 11 is 0. The molecule has 0 atom stereocenters. The fourth-order valence-electron chi connectivity index (χ4n) is 1.54. The van der Waals surface area contributed by atoms with Gasteiger partial charge in [-0.15, -0.1) is 5.10 Å². The first-order valence-corrected chi connectivity index (χ1v) is 5.49. The van der Waals surface area contributed by atoms with Crippen LogP contribution in [0.5, 0.6) is 11.5 Å². The molecule has 0 radical (unpaired) electrons. The van der Waals surface area contributed by atoms with E-state index in [2.05, 4.69) is 10.3 Å². The smallest absolute Gasteiger partial charge is 0.339 e. The molecule has 0 aliphatic carbocycles. The van der Waals surface area contributed by atoms with Crippen molar-refractivity contribution in [2.24, 2.45) is 7.05 Å². The van der Waals surface area contributed by atoms with Crippen LogP contribution in [0, 0.1) is 0 Å². The van der Waals surface area contributed by atoms with Crippen molar-refractivity contribution >= 4 is 5.97 Å². The molecule has 19 heavy (non-hydrogen) atoms. The van der Waals surface area contributed by atoms with Crippen molar-refractivity contribution in [2.75, 3.05) is 7.11 Å². The molecule has 2 aromatic rings. The molecule has 100 valence electrons. The highest BCUT2D eigenvalue weighted by Gasteiger charge is 2.13. The number of carboxylic acids is 1.